The molecule has 0 aliphatic heterocycles. The molecule has 1 heterocycles. The average molecular weight is 332 g/mol. The van der Waals surface area contributed by atoms with Gasteiger partial charge in [-0.15, -0.1) is 0 Å². The first-order chi connectivity index (χ1) is 11.4. The van der Waals surface area contributed by atoms with E-state index in [2.05, 4.69) is 9.97 Å². The lowest BCUT2D eigenvalue weighted by atomic mass is 10.1. The molecule has 2 aromatic rings. The third-order valence-electron chi connectivity index (χ3n) is 3.54. The van der Waals surface area contributed by atoms with Crippen molar-refractivity contribution in [2.24, 2.45) is 0 Å². The van der Waals surface area contributed by atoms with Gasteiger partial charge in [-0.25, -0.2) is 14.8 Å². The van der Waals surface area contributed by atoms with Crippen LogP contribution in [0, 0.1) is 13.8 Å². The largest absolute Gasteiger partial charge is 0.462 e. The Kier molecular flexibility index (Phi) is 5.73. The lowest BCUT2D eigenvalue weighted by Crippen LogP contribution is -2.10. The van der Waals surface area contributed by atoms with Gasteiger partial charge in [-0.1, -0.05) is 29.8 Å². The first-order valence-electron chi connectivity index (χ1n) is 7.47. The summed E-state index contributed by atoms with van der Waals surface area (Å²) in [4.78, 5) is 20.5. The third-order valence-corrected chi connectivity index (χ3v) is 3.54. The van der Waals surface area contributed by atoms with Gasteiger partial charge in [0.05, 0.1) is 17.9 Å². The Morgan fingerprint density at radius 1 is 1.17 bits per heavy atom. The Hall–Kier alpha value is -2.63. The highest BCUT2D eigenvalue weighted by Gasteiger charge is 2.14. The quantitative estimate of drug-likeness (QED) is 0.758. The minimum Gasteiger partial charge on any atom is -0.462 e. The van der Waals surface area contributed by atoms with Gasteiger partial charge >= 0.3 is 5.97 Å². The van der Waals surface area contributed by atoms with Gasteiger partial charge in [0.2, 0.25) is 0 Å². The molecular formula is C18H18F2N2O2. The number of carbonyl (C=O) groups excluding carboxylic acids is 1. The van der Waals surface area contributed by atoms with E-state index in [4.69, 9.17) is 4.74 Å². The van der Waals surface area contributed by atoms with Crippen molar-refractivity contribution in [2.45, 2.75) is 27.2 Å². The normalized spacial score (nSPS) is 10.4. The molecule has 1 aromatic carbocycles. The Labute approximate surface area is 139 Å². The fourth-order valence-electron chi connectivity index (χ4n) is 1.98. The van der Waals surface area contributed by atoms with Crippen molar-refractivity contribution in [3.05, 3.63) is 58.9 Å². The van der Waals surface area contributed by atoms with E-state index in [1.54, 1.807) is 6.92 Å². The number of aryl methyl sites for hydroxylation is 2. The minimum atomic E-state index is -1.74. The van der Waals surface area contributed by atoms with Crippen LogP contribution < -0.4 is 0 Å². The predicted octanol–water partition coefficient (Wildman–Crippen LogP) is 4.48. The molecule has 0 amide bonds. The lowest BCUT2D eigenvalue weighted by molar-refractivity contribution is 0.0506. The molecule has 24 heavy (non-hydrogen) atoms. The van der Waals surface area contributed by atoms with E-state index in [0.29, 0.717) is 11.5 Å². The molecule has 0 aliphatic carbocycles. The molecule has 0 fully saturated rings. The summed E-state index contributed by atoms with van der Waals surface area (Å²) in [6.45, 7) is 4.86. The highest BCUT2D eigenvalue weighted by Crippen LogP contribution is 2.18. The summed E-state index contributed by atoms with van der Waals surface area (Å²) in [7, 11) is 0. The van der Waals surface area contributed by atoms with Gasteiger partial charge in [0.15, 0.2) is 5.82 Å². The molecule has 0 aliphatic rings. The maximum atomic E-state index is 12.3. The number of ether oxygens (including phenoxy) is 1. The molecule has 0 spiro atoms. The Morgan fingerprint density at radius 2 is 1.83 bits per heavy atom. The molecule has 0 bridgehead atoms. The van der Waals surface area contributed by atoms with Crippen LogP contribution in [0.4, 0.5) is 8.78 Å². The monoisotopic (exact) mass is 332 g/mol. The summed E-state index contributed by atoms with van der Waals surface area (Å²) < 4.78 is 29.6. The van der Waals surface area contributed by atoms with E-state index in [9.17, 15) is 13.6 Å². The second-order valence-electron chi connectivity index (χ2n) is 5.49. The molecular weight excluding hydrogens is 314 g/mol. The molecule has 0 saturated heterocycles. The zero-order valence-corrected chi connectivity index (χ0v) is 13.8. The number of rotatable bonds is 5. The van der Waals surface area contributed by atoms with Gasteiger partial charge < -0.3 is 4.74 Å². The molecule has 0 N–H and O–H groups in total. The fraction of sp³-hybridized carbons (Fsp3) is 0.278. The molecule has 0 atom stereocenters. The average Bonchev–Trinajstić information content (AvgIpc) is 2.55. The Morgan fingerprint density at radius 3 is 2.42 bits per heavy atom. The van der Waals surface area contributed by atoms with Crippen molar-refractivity contribution in [3.63, 3.8) is 0 Å². The Bertz CT molecular complexity index is 767. The summed E-state index contributed by atoms with van der Waals surface area (Å²) in [5, 5.41) is 0. The highest BCUT2D eigenvalue weighted by molar-refractivity contribution is 5.90. The fourth-order valence-corrected chi connectivity index (χ4v) is 1.98. The second-order valence-corrected chi connectivity index (χ2v) is 5.49. The van der Waals surface area contributed by atoms with E-state index in [1.807, 2.05) is 31.2 Å². The van der Waals surface area contributed by atoms with Gasteiger partial charge in [0, 0.05) is 18.2 Å². The van der Waals surface area contributed by atoms with Crippen LogP contribution in [0.3, 0.4) is 0 Å². The second kappa shape index (κ2) is 7.77. The molecule has 6 heteroatoms. The number of aromatic nitrogens is 2. The van der Waals surface area contributed by atoms with Gasteiger partial charge in [-0.05, 0) is 26.3 Å². The summed E-state index contributed by atoms with van der Waals surface area (Å²) in [5.74, 6) is -0.0997. The van der Waals surface area contributed by atoms with Crippen molar-refractivity contribution < 1.29 is 18.3 Å². The van der Waals surface area contributed by atoms with Crippen LogP contribution in [0.1, 0.15) is 35.0 Å². The van der Waals surface area contributed by atoms with Crippen LogP contribution in [0.25, 0.3) is 11.4 Å². The molecule has 0 unspecified atom stereocenters. The smallest absolute Gasteiger partial charge is 0.341 e. The third kappa shape index (κ3) is 4.44. The number of hydrogen-bond acceptors (Lipinski definition) is 4. The Balaban J connectivity index is 2.08. The molecule has 0 radical (unpaired) electrons. The van der Waals surface area contributed by atoms with Gasteiger partial charge in [0.1, 0.15) is 0 Å². The summed E-state index contributed by atoms with van der Waals surface area (Å²) in [6, 6.07) is 7.72. The summed E-state index contributed by atoms with van der Waals surface area (Å²) in [6.07, 6.45) is -0.346. The van der Waals surface area contributed by atoms with Crippen molar-refractivity contribution in [3.8, 4) is 11.4 Å². The van der Waals surface area contributed by atoms with Crippen molar-refractivity contribution in [2.75, 3.05) is 6.61 Å². The summed E-state index contributed by atoms with van der Waals surface area (Å²) >= 11 is 0. The van der Waals surface area contributed by atoms with E-state index in [0.717, 1.165) is 11.1 Å². The van der Waals surface area contributed by atoms with Gasteiger partial charge in [-0.3, -0.25) is 0 Å². The summed E-state index contributed by atoms with van der Waals surface area (Å²) in [5.41, 5.74) is 2.60. The van der Waals surface area contributed by atoms with Gasteiger partial charge in [0.25, 0.3) is 6.08 Å². The molecule has 4 nitrogen and oxygen atoms in total. The van der Waals surface area contributed by atoms with Crippen LogP contribution in [0.5, 0.6) is 0 Å². The molecule has 126 valence electrons. The first kappa shape index (κ1) is 17.7. The SMILES string of the molecule is CC(CCOC(=O)c1cnc(-c2ccc(C)cc2)nc1C)=C(F)F. The standard InChI is InChI=1S/C18H18F2N2O2/c1-11-4-6-14(7-5-11)17-21-10-15(13(3)22-17)18(23)24-9-8-12(2)16(19)20/h4-7,10H,8-9H2,1-3H3. The molecule has 1 aromatic heterocycles. The predicted molar refractivity (Wildman–Crippen MR) is 86.8 cm³/mol. The van der Waals surface area contributed by atoms with Crippen LogP contribution in [-0.2, 0) is 4.74 Å². The maximum absolute atomic E-state index is 12.3. The highest BCUT2D eigenvalue weighted by atomic mass is 19.3. The van der Waals surface area contributed by atoms with E-state index in [1.165, 1.54) is 13.1 Å². The van der Waals surface area contributed by atoms with E-state index in [-0.39, 0.29) is 24.2 Å². The van der Waals surface area contributed by atoms with E-state index >= 15 is 0 Å². The van der Waals surface area contributed by atoms with Gasteiger partial charge in [-0.2, -0.15) is 8.78 Å². The van der Waals surface area contributed by atoms with Crippen LogP contribution >= 0.6 is 0 Å². The zero-order chi connectivity index (χ0) is 17.7. The number of halogens is 2. The topological polar surface area (TPSA) is 52.1 Å². The first-order valence-corrected chi connectivity index (χ1v) is 7.47. The molecule has 0 saturated carbocycles. The lowest BCUT2D eigenvalue weighted by Gasteiger charge is -2.08. The maximum Gasteiger partial charge on any atom is 0.341 e. The number of carbonyl (C=O) groups is 1. The van der Waals surface area contributed by atoms with Crippen molar-refractivity contribution in [1.82, 2.24) is 9.97 Å². The van der Waals surface area contributed by atoms with Crippen molar-refractivity contribution >= 4 is 5.97 Å². The molecule has 2 rings (SSSR count). The number of benzene rings is 1. The minimum absolute atomic E-state index is 0.00454. The zero-order valence-electron chi connectivity index (χ0n) is 13.8. The van der Waals surface area contributed by atoms with E-state index < -0.39 is 12.0 Å². The van der Waals surface area contributed by atoms with Crippen LogP contribution in [-0.4, -0.2) is 22.5 Å². The number of esters is 1. The van der Waals surface area contributed by atoms with Crippen molar-refractivity contribution in [1.29, 1.82) is 0 Å². The number of nitrogens with zero attached hydrogens (tertiary/aromatic N) is 2. The van der Waals surface area contributed by atoms with Crippen LogP contribution in [0.15, 0.2) is 42.1 Å². The van der Waals surface area contributed by atoms with Crippen LogP contribution in [0.2, 0.25) is 0 Å². The number of hydrogen-bond donors (Lipinski definition) is 0.